The van der Waals surface area contributed by atoms with Gasteiger partial charge in [-0.15, -0.1) is 0 Å². The van der Waals surface area contributed by atoms with Crippen molar-refractivity contribution in [1.82, 2.24) is 15.2 Å². The summed E-state index contributed by atoms with van der Waals surface area (Å²) in [5.41, 5.74) is 1.77. The van der Waals surface area contributed by atoms with Gasteiger partial charge in [0, 0.05) is 43.1 Å². The van der Waals surface area contributed by atoms with E-state index in [9.17, 15) is 9.18 Å². The molecule has 0 radical (unpaired) electrons. The molecule has 1 unspecified atom stereocenters. The number of hydrogen-bond donors (Lipinski definition) is 1. The van der Waals surface area contributed by atoms with Crippen LogP contribution in [0.4, 0.5) is 14.9 Å². The van der Waals surface area contributed by atoms with Gasteiger partial charge in [0.1, 0.15) is 5.75 Å². The fourth-order valence-electron chi connectivity index (χ4n) is 3.78. The number of methoxy groups -OCH3 is 1. The van der Waals surface area contributed by atoms with E-state index in [0.717, 1.165) is 17.0 Å². The summed E-state index contributed by atoms with van der Waals surface area (Å²) in [6.07, 6.45) is 1.47. The molecule has 7 heteroatoms. The highest BCUT2D eigenvalue weighted by molar-refractivity contribution is 5.76. The van der Waals surface area contributed by atoms with Gasteiger partial charge in [0.05, 0.1) is 13.2 Å². The maximum absolute atomic E-state index is 13.5. The summed E-state index contributed by atoms with van der Waals surface area (Å²) in [5.74, 6) is 0.267. The van der Waals surface area contributed by atoms with Crippen molar-refractivity contribution in [1.29, 1.82) is 0 Å². The molecule has 28 heavy (non-hydrogen) atoms. The van der Waals surface area contributed by atoms with E-state index in [2.05, 4.69) is 15.2 Å². The van der Waals surface area contributed by atoms with Crippen molar-refractivity contribution in [2.45, 2.75) is 38.9 Å². The zero-order valence-corrected chi connectivity index (χ0v) is 16.7. The zero-order valence-electron chi connectivity index (χ0n) is 16.7. The summed E-state index contributed by atoms with van der Waals surface area (Å²) in [4.78, 5) is 20.5. The minimum absolute atomic E-state index is 0.0162. The summed E-state index contributed by atoms with van der Waals surface area (Å²) in [7, 11) is 1.62. The van der Waals surface area contributed by atoms with E-state index >= 15 is 0 Å². The van der Waals surface area contributed by atoms with Crippen molar-refractivity contribution in [3.63, 3.8) is 0 Å². The standard InChI is InChI=1S/C21H27FN4O2/c1-14-12-25(18-8-9-23-20(22)11-18)13-15(2)26(14)21(27)24-16(3)17-6-5-7-19(10-17)28-4/h5-11,14-16H,12-13H2,1-4H3,(H,24,27)/t14-,15-,16?/m1/s1. The van der Waals surface area contributed by atoms with Crippen molar-refractivity contribution < 1.29 is 13.9 Å². The molecule has 1 aromatic carbocycles. The number of pyridine rings is 1. The molecule has 2 aromatic rings. The van der Waals surface area contributed by atoms with E-state index in [1.807, 2.05) is 49.9 Å². The van der Waals surface area contributed by atoms with Crippen LogP contribution in [-0.4, -0.2) is 48.2 Å². The van der Waals surface area contributed by atoms with Gasteiger partial charge in [-0.25, -0.2) is 9.78 Å². The number of nitrogens with zero attached hydrogens (tertiary/aromatic N) is 3. The summed E-state index contributed by atoms with van der Waals surface area (Å²) in [6, 6.07) is 10.6. The number of benzene rings is 1. The molecule has 3 atom stereocenters. The lowest BCUT2D eigenvalue weighted by Gasteiger charge is -2.45. The van der Waals surface area contributed by atoms with Crippen LogP contribution in [0.25, 0.3) is 0 Å². The molecule has 1 aliphatic heterocycles. The van der Waals surface area contributed by atoms with Crippen LogP contribution in [0.3, 0.4) is 0 Å². The molecule has 3 rings (SSSR count). The lowest BCUT2D eigenvalue weighted by atomic mass is 10.1. The number of nitrogens with one attached hydrogen (secondary N) is 1. The quantitative estimate of drug-likeness (QED) is 0.816. The Balaban J connectivity index is 1.67. The molecule has 6 nitrogen and oxygen atoms in total. The highest BCUT2D eigenvalue weighted by Crippen LogP contribution is 2.24. The van der Waals surface area contributed by atoms with Gasteiger partial charge in [0.15, 0.2) is 0 Å². The third kappa shape index (κ3) is 4.35. The largest absolute Gasteiger partial charge is 0.497 e. The van der Waals surface area contributed by atoms with Gasteiger partial charge < -0.3 is 19.9 Å². The number of carbonyl (C=O) groups is 1. The number of rotatable bonds is 4. The summed E-state index contributed by atoms with van der Waals surface area (Å²) < 4.78 is 18.7. The molecule has 1 aliphatic rings. The number of halogens is 1. The third-order valence-electron chi connectivity index (χ3n) is 5.16. The highest BCUT2D eigenvalue weighted by atomic mass is 19.1. The molecule has 1 aromatic heterocycles. The van der Waals surface area contributed by atoms with Crippen LogP contribution in [0, 0.1) is 5.95 Å². The molecule has 0 aliphatic carbocycles. The highest BCUT2D eigenvalue weighted by Gasteiger charge is 2.33. The molecule has 2 amide bonds. The molecular formula is C21H27FN4O2. The van der Waals surface area contributed by atoms with E-state index in [-0.39, 0.29) is 24.2 Å². The Labute approximate surface area is 165 Å². The second-order valence-corrected chi connectivity index (χ2v) is 7.29. The summed E-state index contributed by atoms with van der Waals surface area (Å²) in [6.45, 7) is 7.24. The Kier molecular flexibility index (Phi) is 6.02. The van der Waals surface area contributed by atoms with Crippen molar-refractivity contribution >= 4 is 11.7 Å². The predicted molar refractivity (Wildman–Crippen MR) is 107 cm³/mol. The Hall–Kier alpha value is -2.83. The molecule has 150 valence electrons. The Bertz CT molecular complexity index is 820. The van der Waals surface area contributed by atoms with E-state index in [1.165, 1.54) is 12.3 Å². The lowest BCUT2D eigenvalue weighted by molar-refractivity contribution is 0.139. The van der Waals surface area contributed by atoms with Crippen LogP contribution in [0.5, 0.6) is 5.75 Å². The second kappa shape index (κ2) is 8.46. The predicted octanol–water partition coefficient (Wildman–Crippen LogP) is 3.60. The van der Waals surface area contributed by atoms with Crippen molar-refractivity contribution in [3.05, 3.63) is 54.1 Å². The fraction of sp³-hybridized carbons (Fsp3) is 0.429. The molecule has 1 saturated heterocycles. The minimum Gasteiger partial charge on any atom is -0.497 e. The van der Waals surface area contributed by atoms with Gasteiger partial charge >= 0.3 is 6.03 Å². The van der Waals surface area contributed by atoms with E-state index in [1.54, 1.807) is 13.2 Å². The van der Waals surface area contributed by atoms with Gasteiger partial charge in [-0.3, -0.25) is 0 Å². The zero-order chi connectivity index (χ0) is 20.3. The Morgan fingerprint density at radius 2 is 1.96 bits per heavy atom. The van der Waals surface area contributed by atoms with Crippen LogP contribution in [0.15, 0.2) is 42.6 Å². The summed E-state index contributed by atoms with van der Waals surface area (Å²) >= 11 is 0. The first-order valence-electron chi connectivity index (χ1n) is 9.48. The number of carbonyl (C=O) groups excluding carboxylic acids is 1. The molecule has 1 N–H and O–H groups in total. The van der Waals surface area contributed by atoms with E-state index in [4.69, 9.17) is 4.74 Å². The Morgan fingerprint density at radius 1 is 1.25 bits per heavy atom. The first-order chi connectivity index (χ1) is 13.4. The average molecular weight is 386 g/mol. The molecule has 1 fully saturated rings. The van der Waals surface area contributed by atoms with Crippen LogP contribution in [0.2, 0.25) is 0 Å². The number of urea groups is 1. The molecule has 0 saturated carbocycles. The Morgan fingerprint density at radius 3 is 2.61 bits per heavy atom. The van der Waals surface area contributed by atoms with Gasteiger partial charge in [-0.2, -0.15) is 4.39 Å². The van der Waals surface area contributed by atoms with Gasteiger partial charge in [0.2, 0.25) is 5.95 Å². The molecule has 0 bridgehead atoms. The van der Waals surface area contributed by atoms with E-state index in [0.29, 0.717) is 13.1 Å². The number of piperazine rings is 1. The van der Waals surface area contributed by atoms with Gasteiger partial charge in [0.25, 0.3) is 0 Å². The van der Waals surface area contributed by atoms with Crippen molar-refractivity contribution in [3.8, 4) is 5.75 Å². The fourth-order valence-corrected chi connectivity index (χ4v) is 3.78. The number of hydrogen-bond acceptors (Lipinski definition) is 4. The maximum Gasteiger partial charge on any atom is 0.318 e. The number of ether oxygens (including phenoxy) is 1. The molecular weight excluding hydrogens is 359 g/mol. The van der Waals surface area contributed by atoms with Crippen LogP contribution in [0.1, 0.15) is 32.4 Å². The second-order valence-electron chi connectivity index (χ2n) is 7.29. The van der Waals surface area contributed by atoms with Crippen LogP contribution < -0.4 is 15.0 Å². The minimum atomic E-state index is -0.495. The first kappa shape index (κ1) is 19.9. The lowest BCUT2D eigenvalue weighted by Crippen LogP contribution is -2.61. The number of aromatic nitrogens is 1. The maximum atomic E-state index is 13.5. The number of amides is 2. The number of anilines is 1. The van der Waals surface area contributed by atoms with E-state index < -0.39 is 5.95 Å². The average Bonchev–Trinajstić information content (AvgIpc) is 2.67. The normalized spacial score (nSPS) is 20.6. The van der Waals surface area contributed by atoms with Crippen LogP contribution in [-0.2, 0) is 0 Å². The van der Waals surface area contributed by atoms with Gasteiger partial charge in [-0.05, 0) is 44.5 Å². The SMILES string of the molecule is COc1cccc(C(C)NC(=O)N2[C@H](C)CN(c3ccnc(F)c3)C[C@H]2C)c1. The van der Waals surface area contributed by atoms with Crippen molar-refractivity contribution in [2.24, 2.45) is 0 Å². The molecule has 2 heterocycles. The van der Waals surface area contributed by atoms with Crippen LogP contribution >= 0.6 is 0 Å². The monoisotopic (exact) mass is 386 g/mol. The molecule has 0 spiro atoms. The summed E-state index contributed by atoms with van der Waals surface area (Å²) in [5, 5.41) is 3.08. The first-order valence-corrected chi connectivity index (χ1v) is 9.48. The third-order valence-corrected chi connectivity index (χ3v) is 5.16. The van der Waals surface area contributed by atoms with Crippen molar-refractivity contribution in [2.75, 3.05) is 25.1 Å². The van der Waals surface area contributed by atoms with Gasteiger partial charge in [-0.1, -0.05) is 12.1 Å². The topological polar surface area (TPSA) is 57.7 Å². The smallest absolute Gasteiger partial charge is 0.318 e.